The summed E-state index contributed by atoms with van der Waals surface area (Å²) in [7, 11) is 0. The number of nitrogens with one attached hydrogen (secondary N) is 1. The van der Waals surface area contributed by atoms with Crippen LogP contribution in [-0.4, -0.2) is 17.9 Å². The lowest BCUT2D eigenvalue weighted by atomic mass is 10.3. The summed E-state index contributed by atoms with van der Waals surface area (Å²) in [5, 5.41) is 2.30. The minimum absolute atomic E-state index is 0.397. The third-order valence-corrected chi connectivity index (χ3v) is 0.971. The number of rotatable bonds is 3. The molecule has 10 heavy (non-hydrogen) atoms. The maximum Gasteiger partial charge on any atom is 0.244 e. The molecule has 0 heterocycles. The Hall–Kier alpha value is -1.32. The van der Waals surface area contributed by atoms with Crippen molar-refractivity contribution >= 4 is 11.8 Å². The summed E-state index contributed by atoms with van der Waals surface area (Å²) < 4.78 is 0. The van der Waals surface area contributed by atoms with E-state index in [0.29, 0.717) is 0 Å². The van der Waals surface area contributed by atoms with Gasteiger partial charge >= 0.3 is 0 Å². The molecule has 1 unspecified atom stereocenters. The number of hydrogen-bond acceptors (Lipinski definition) is 2. The first-order valence-electron chi connectivity index (χ1n) is 2.80. The van der Waals surface area contributed by atoms with Crippen molar-refractivity contribution in [3.05, 3.63) is 12.7 Å². The summed E-state index contributed by atoms with van der Waals surface area (Å²) >= 11 is 0. The summed E-state index contributed by atoms with van der Waals surface area (Å²) in [4.78, 5) is 20.8. The fraction of sp³-hybridized carbons (Fsp3) is 0.333. The van der Waals surface area contributed by atoms with Crippen LogP contribution in [0.15, 0.2) is 12.7 Å². The molecule has 0 saturated heterocycles. The Morgan fingerprint density at radius 3 is 2.50 bits per heavy atom. The molecule has 4 heteroatoms. The van der Waals surface area contributed by atoms with Crippen LogP contribution in [0, 0.1) is 0 Å². The fourth-order valence-corrected chi connectivity index (χ4v) is 0.343. The van der Waals surface area contributed by atoms with Crippen molar-refractivity contribution in [2.75, 3.05) is 0 Å². The van der Waals surface area contributed by atoms with Gasteiger partial charge in [-0.15, -0.1) is 0 Å². The smallest absolute Gasteiger partial charge is 0.244 e. The van der Waals surface area contributed by atoms with Crippen LogP contribution in [0.2, 0.25) is 0 Å². The third-order valence-electron chi connectivity index (χ3n) is 0.971. The molecule has 0 bridgehead atoms. The van der Waals surface area contributed by atoms with Crippen LogP contribution >= 0.6 is 0 Å². The summed E-state index contributed by atoms with van der Waals surface area (Å²) in [6.45, 7) is 4.71. The lowest BCUT2D eigenvalue weighted by Gasteiger charge is -2.06. The maximum absolute atomic E-state index is 10.5. The van der Waals surface area contributed by atoms with Gasteiger partial charge in [-0.25, -0.2) is 0 Å². The molecule has 0 aliphatic heterocycles. The first-order valence-corrected chi connectivity index (χ1v) is 2.80. The van der Waals surface area contributed by atoms with Crippen molar-refractivity contribution in [1.82, 2.24) is 5.32 Å². The summed E-state index contributed by atoms with van der Waals surface area (Å²) in [6, 6.07) is -0.634. The average Bonchev–Trinajstić information content (AvgIpc) is 1.87. The van der Waals surface area contributed by atoms with Crippen LogP contribution in [-0.2, 0) is 9.59 Å². The Bertz CT molecular complexity index is 165. The van der Waals surface area contributed by atoms with E-state index in [1.807, 2.05) is 0 Å². The number of amides is 2. The van der Waals surface area contributed by atoms with Crippen molar-refractivity contribution in [3.63, 3.8) is 0 Å². The minimum Gasteiger partial charge on any atom is -0.368 e. The van der Waals surface area contributed by atoms with Gasteiger partial charge in [-0.2, -0.15) is 0 Å². The summed E-state index contributed by atoms with van der Waals surface area (Å²) in [5.41, 5.74) is 4.85. The van der Waals surface area contributed by atoms with Gasteiger partial charge in [-0.1, -0.05) is 6.58 Å². The van der Waals surface area contributed by atoms with Crippen molar-refractivity contribution < 1.29 is 9.59 Å². The predicted molar refractivity (Wildman–Crippen MR) is 37.0 cm³/mol. The minimum atomic E-state index is -0.634. The lowest BCUT2D eigenvalue weighted by Crippen LogP contribution is -2.41. The number of primary amides is 1. The number of nitrogens with two attached hydrogens (primary N) is 1. The van der Waals surface area contributed by atoms with Crippen LogP contribution in [0.4, 0.5) is 0 Å². The zero-order valence-corrected chi connectivity index (χ0v) is 5.76. The molecule has 4 nitrogen and oxygen atoms in total. The van der Waals surface area contributed by atoms with Gasteiger partial charge in [0.2, 0.25) is 11.8 Å². The van der Waals surface area contributed by atoms with Gasteiger partial charge in [0.15, 0.2) is 0 Å². The normalized spacial score (nSPS) is 11.7. The molecular weight excluding hydrogens is 132 g/mol. The van der Waals surface area contributed by atoms with E-state index < -0.39 is 17.9 Å². The maximum atomic E-state index is 10.5. The van der Waals surface area contributed by atoms with Gasteiger partial charge in [-0.05, 0) is 13.0 Å². The van der Waals surface area contributed by atoms with Crippen molar-refractivity contribution in [2.24, 2.45) is 5.73 Å². The van der Waals surface area contributed by atoms with Gasteiger partial charge in [0.05, 0.1) is 0 Å². The Labute approximate surface area is 59.1 Å². The molecule has 0 aromatic carbocycles. The quantitative estimate of drug-likeness (QED) is 0.504. The average molecular weight is 142 g/mol. The predicted octanol–water partition coefficient (Wildman–Crippen LogP) is -0.838. The Balaban J connectivity index is 3.79. The van der Waals surface area contributed by atoms with E-state index in [-0.39, 0.29) is 0 Å². The molecule has 0 aromatic heterocycles. The number of carbonyl (C=O) groups is 2. The monoisotopic (exact) mass is 142 g/mol. The van der Waals surface area contributed by atoms with E-state index >= 15 is 0 Å². The van der Waals surface area contributed by atoms with Crippen molar-refractivity contribution in [1.29, 1.82) is 0 Å². The second-order valence-corrected chi connectivity index (χ2v) is 1.84. The second kappa shape index (κ2) is 3.66. The molecule has 0 rings (SSSR count). The molecule has 0 radical (unpaired) electrons. The Kier molecular flexibility index (Phi) is 3.17. The Morgan fingerprint density at radius 2 is 2.20 bits per heavy atom. The van der Waals surface area contributed by atoms with E-state index in [9.17, 15) is 9.59 Å². The number of hydrogen-bond donors (Lipinski definition) is 2. The zero-order chi connectivity index (χ0) is 8.15. The standard InChI is InChI=1S/C6H10N2O2/c1-3-5(9)8-4(2)6(7)10/h3-4H,1H2,2H3,(H2,7,10)(H,8,9). The molecule has 0 aliphatic carbocycles. The molecular formula is C6H10N2O2. The van der Waals surface area contributed by atoms with E-state index in [4.69, 9.17) is 5.73 Å². The van der Waals surface area contributed by atoms with E-state index in [1.165, 1.54) is 6.92 Å². The number of carbonyl (C=O) groups excluding carboxylic acids is 2. The molecule has 3 N–H and O–H groups in total. The van der Waals surface area contributed by atoms with Crippen molar-refractivity contribution in [3.8, 4) is 0 Å². The fourth-order valence-electron chi connectivity index (χ4n) is 0.343. The SMILES string of the molecule is C=CC(=O)NC(C)C(N)=O. The largest absolute Gasteiger partial charge is 0.368 e. The van der Waals surface area contributed by atoms with Gasteiger partial charge in [0, 0.05) is 0 Å². The summed E-state index contributed by atoms with van der Waals surface area (Å²) in [6.07, 6.45) is 1.08. The topological polar surface area (TPSA) is 72.2 Å². The Morgan fingerprint density at radius 1 is 1.70 bits per heavy atom. The van der Waals surface area contributed by atoms with Gasteiger partial charge < -0.3 is 11.1 Å². The highest BCUT2D eigenvalue weighted by molar-refractivity contribution is 5.91. The highest BCUT2D eigenvalue weighted by Gasteiger charge is 2.08. The zero-order valence-electron chi connectivity index (χ0n) is 5.76. The van der Waals surface area contributed by atoms with Crippen LogP contribution in [0.3, 0.4) is 0 Å². The molecule has 2 amide bonds. The lowest BCUT2D eigenvalue weighted by molar-refractivity contribution is -0.124. The highest BCUT2D eigenvalue weighted by Crippen LogP contribution is 1.78. The van der Waals surface area contributed by atoms with E-state index in [1.54, 1.807) is 0 Å². The van der Waals surface area contributed by atoms with Gasteiger partial charge in [0.1, 0.15) is 6.04 Å². The van der Waals surface area contributed by atoms with E-state index in [2.05, 4.69) is 11.9 Å². The second-order valence-electron chi connectivity index (χ2n) is 1.84. The van der Waals surface area contributed by atoms with Crippen molar-refractivity contribution in [2.45, 2.75) is 13.0 Å². The van der Waals surface area contributed by atoms with Crippen LogP contribution in [0.5, 0.6) is 0 Å². The third kappa shape index (κ3) is 2.86. The van der Waals surface area contributed by atoms with Crippen LogP contribution in [0.1, 0.15) is 6.92 Å². The summed E-state index contributed by atoms with van der Waals surface area (Å²) in [5.74, 6) is -0.957. The first kappa shape index (κ1) is 8.68. The molecule has 0 aliphatic rings. The van der Waals surface area contributed by atoms with Gasteiger partial charge in [-0.3, -0.25) is 9.59 Å². The molecule has 0 fully saturated rings. The first-order chi connectivity index (χ1) is 4.57. The van der Waals surface area contributed by atoms with E-state index in [0.717, 1.165) is 6.08 Å². The molecule has 0 spiro atoms. The molecule has 1 atom stereocenters. The van der Waals surface area contributed by atoms with Crippen LogP contribution < -0.4 is 11.1 Å². The molecule has 56 valence electrons. The highest BCUT2D eigenvalue weighted by atomic mass is 16.2. The molecule has 0 saturated carbocycles. The molecule has 0 aromatic rings. The van der Waals surface area contributed by atoms with Gasteiger partial charge in [0.25, 0.3) is 0 Å². The van der Waals surface area contributed by atoms with Crippen LogP contribution in [0.25, 0.3) is 0 Å².